The van der Waals surface area contributed by atoms with Crippen molar-refractivity contribution in [3.05, 3.63) is 18.5 Å². The minimum atomic E-state index is 0.934. The fraction of sp³-hybridized carbons (Fsp3) is 0.583. The number of aromatic nitrogens is 1. The van der Waals surface area contributed by atoms with Crippen LogP contribution in [0.4, 0.5) is 11.4 Å². The van der Waals surface area contributed by atoms with Gasteiger partial charge in [0.2, 0.25) is 0 Å². The molecule has 0 spiro atoms. The molecule has 1 aromatic rings. The van der Waals surface area contributed by atoms with E-state index in [4.69, 9.17) is 0 Å². The van der Waals surface area contributed by atoms with Crippen molar-refractivity contribution >= 4 is 11.4 Å². The fourth-order valence-electron chi connectivity index (χ4n) is 1.46. The molecule has 3 heteroatoms. The summed E-state index contributed by atoms with van der Waals surface area (Å²) in [6, 6.07) is 2.14. The minimum absolute atomic E-state index is 0.934. The SMILES string of the molecule is CCCCN(C)c1cncc(NCC)c1. The Morgan fingerprint density at radius 1 is 1.33 bits per heavy atom. The van der Waals surface area contributed by atoms with Gasteiger partial charge in [-0.2, -0.15) is 0 Å². The Kier molecular flexibility index (Phi) is 4.95. The summed E-state index contributed by atoms with van der Waals surface area (Å²) in [5, 5.41) is 3.27. The predicted octanol–water partition coefficient (Wildman–Crippen LogP) is 2.75. The van der Waals surface area contributed by atoms with Gasteiger partial charge in [-0.1, -0.05) is 13.3 Å². The highest BCUT2D eigenvalue weighted by Crippen LogP contribution is 2.16. The van der Waals surface area contributed by atoms with Gasteiger partial charge in [-0.3, -0.25) is 4.98 Å². The maximum atomic E-state index is 4.23. The fourth-order valence-corrected chi connectivity index (χ4v) is 1.46. The van der Waals surface area contributed by atoms with E-state index >= 15 is 0 Å². The van der Waals surface area contributed by atoms with Crippen LogP contribution in [-0.2, 0) is 0 Å². The monoisotopic (exact) mass is 207 g/mol. The summed E-state index contributed by atoms with van der Waals surface area (Å²) in [6.45, 7) is 6.33. The second-order valence-electron chi connectivity index (χ2n) is 3.74. The van der Waals surface area contributed by atoms with Crippen LogP contribution in [0.2, 0.25) is 0 Å². The van der Waals surface area contributed by atoms with Gasteiger partial charge in [-0.25, -0.2) is 0 Å². The van der Waals surface area contributed by atoms with Crippen molar-refractivity contribution in [2.24, 2.45) is 0 Å². The van der Waals surface area contributed by atoms with Crippen LogP contribution in [0.25, 0.3) is 0 Å². The lowest BCUT2D eigenvalue weighted by Crippen LogP contribution is -2.18. The highest BCUT2D eigenvalue weighted by atomic mass is 15.1. The molecule has 0 aliphatic heterocycles. The third-order valence-electron chi connectivity index (χ3n) is 2.39. The molecule has 0 aromatic carbocycles. The van der Waals surface area contributed by atoms with Crippen LogP contribution in [0.15, 0.2) is 18.5 Å². The standard InChI is InChI=1S/C12H21N3/c1-4-6-7-15(3)12-8-11(14-5-2)9-13-10-12/h8-10,14H,4-7H2,1-3H3. The van der Waals surface area contributed by atoms with Gasteiger partial charge in [-0.05, 0) is 19.4 Å². The summed E-state index contributed by atoms with van der Waals surface area (Å²) < 4.78 is 0. The zero-order valence-corrected chi connectivity index (χ0v) is 9.95. The van der Waals surface area contributed by atoms with E-state index in [1.807, 2.05) is 12.4 Å². The lowest BCUT2D eigenvalue weighted by molar-refractivity contribution is 0.765. The van der Waals surface area contributed by atoms with Crippen LogP contribution in [0.5, 0.6) is 0 Å². The van der Waals surface area contributed by atoms with Gasteiger partial charge >= 0.3 is 0 Å². The Hall–Kier alpha value is -1.25. The average Bonchev–Trinajstić information content (AvgIpc) is 2.27. The predicted molar refractivity (Wildman–Crippen MR) is 66.6 cm³/mol. The van der Waals surface area contributed by atoms with Crippen molar-refractivity contribution in [3.63, 3.8) is 0 Å². The van der Waals surface area contributed by atoms with Crippen molar-refractivity contribution in [1.29, 1.82) is 0 Å². The molecule has 1 rings (SSSR count). The van der Waals surface area contributed by atoms with E-state index in [-0.39, 0.29) is 0 Å². The van der Waals surface area contributed by atoms with Crippen molar-refractivity contribution in [2.75, 3.05) is 30.4 Å². The molecule has 0 unspecified atom stereocenters. The second-order valence-corrected chi connectivity index (χ2v) is 3.74. The highest BCUT2D eigenvalue weighted by molar-refractivity contribution is 5.55. The highest BCUT2D eigenvalue weighted by Gasteiger charge is 2.01. The first kappa shape index (κ1) is 11.8. The van der Waals surface area contributed by atoms with E-state index in [1.165, 1.54) is 18.5 Å². The second kappa shape index (κ2) is 6.27. The summed E-state index contributed by atoms with van der Waals surface area (Å²) in [5.74, 6) is 0. The molecular formula is C12H21N3. The Labute approximate surface area is 92.5 Å². The van der Waals surface area contributed by atoms with Crippen molar-refractivity contribution in [1.82, 2.24) is 4.98 Å². The van der Waals surface area contributed by atoms with Gasteiger partial charge in [-0.15, -0.1) is 0 Å². The first-order valence-corrected chi connectivity index (χ1v) is 5.68. The zero-order chi connectivity index (χ0) is 11.1. The average molecular weight is 207 g/mol. The van der Waals surface area contributed by atoms with Gasteiger partial charge in [0.15, 0.2) is 0 Å². The number of anilines is 2. The number of nitrogens with one attached hydrogen (secondary N) is 1. The maximum Gasteiger partial charge on any atom is 0.0570 e. The first-order valence-electron chi connectivity index (χ1n) is 5.68. The van der Waals surface area contributed by atoms with E-state index in [0.717, 1.165) is 18.8 Å². The Balaban J connectivity index is 2.62. The van der Waals surface area contributed by atoms with E-state index in [1.54, 1.807) is 0 Å². The molecule has 1 heterocycles. The van der Waals surface area contributed by atoms with E-state index < -0.39 is 0 Å². The topological polar surface area (TPSA) is 28.2 Å². The van der Waals surface area contributed by atoms with E-state index in [0.29, 0.717) is 0 Å². The van der Waals surface area contributed by atoms with E-state index in [9.17, 15) is 0 Å². The maximum absolute atomic E-state index is 4.23. The van der Waals surface area contributed by atoms with Gasteiger partial charge < -0.3 is 10.2 Å². The van der Waals surface area contributed by atoms with Crippen LogP contribution >= 0.6 is 0 Å². The molecule has 3 nitrogen and oxygen atoms in total. The molecule has 0 saturated heterocycles. The van der Waals surface area contributed by atoms with Crippen LogP contribution in [0.1, 0.15) is 26.7 Å². The lowest BCUT2D eigenvalue weighted by Gasteiger charge is -2.19. The third-order valence-corrected chi connectivity index (χ3v) is 2.39. The summed E-state index contributed by atoms with van der Waals surface area (Å²) in [4.78, 5) is 6.48. The van der Waals surface area contributed by atoms with Gasteiger partial charge in [0.1, 0.15) is 0 Å². The van der Waals surface area contributed by atoms with Crippen LogP contribution in [0.3, 0.4) is 0 Å². The molecule has 0 atom stereocenters. The van der Waals surface area contributed by atoms with Crippen molar-refractivity contribution in [2.45, 2.75) is 26.7 Å². The number of hydrogen-bond acceptors (Lipinski definition) is 3. The largest absolute Gasteiger partial charge is 0.384 e. The number of hydrogen-bond donors (Lipinski definition) is 1. The zero-order valence-electron chi connectivity index (χ0n) is 9.95. The molecule has 84 valence electrons. The number of rotatable bonds is 6. The molecule has 0 radical (unpaired) electrons. The number of nitrogens with zero attached hydrogens (tertiary/aromatic N) is 2. The molecule has 15 heavy (non-hydrogen) atoms. The van der Waals surface area contributed by atoms with Crippen LogP contribution in [0, 0.1) is 0 Å². The minimum Gasteiger partial charge on any atom is -0.384 e. The van der Waals surface area contributed by atoms with Gasteiger partial charge in [0.05, 0.1) is 23.8 Å². The van der Waals surface area contributed by atoms with Crippen LogP contribution < -0.4 is 10.2 Å². The van der Waals surface area contributed by atoms with E-state index in [2.05, 4.69) is 42.2 Å². The normalized spacial score (nSPS) is 10.1. The summed E-state index contributed by atoms with van der Waals surface area (Å²) in [7, 11) is 2.11. The molecule has 0 saturated carbocycles. The van der Waals surface area contributed by atoms with Crippen LogP contribution in [-0.4, -0.2) is 25.1 Å². The lowest BCUT2D eigenvalue weighted by atomic mass is 10.3. The molecule has 1 N–H and O–H groups in total. The molecule has 0 aliphatic rings. The van der Waals surface area contributed by atoms with Gasteiger partial charge in [0, 0.05) is 20.1 Å². The third kappa shape index (κ3) is 3.78. The molecule has 1 aromatic heterocycles. The van der Waals surface area contributed by atoms with Crippen molar-refractivity contribution < 1.29 is 0 Å². The molecule has 0 aliphatic carbocycles. The number of unbranched alkanes of at least 4 members (excludes halogenated alkanes) is 1. The molecular weight excluding hydrogens is 186 g/mol. The smallest absolute Gasteiger partial charge is 0.0570 e. The molecule has 0 bridgehead atoms. The molecule has 0 amide bonds. The Morgan fingerprint density at radius 3 is 2.80 bits per heavy atom. The summed E-state index contributed by atoms with van der Waals surface area (Å²) >= 11 is 0. The molecule has 0 fully saturated rings. The Morgan fingerprint density at radius 2 is 2.13 bits per heavy atom. The number of pyridine rings is 1. The van der Waals surface area contributed by atoms with Gasteiger partial charge in [0.25, 0.3) is 0 Å². The first-order chi connectivity index (χ1) is 7.27. The Bertz CT molecular complexity index is 286. The summed E-state index contributed by atoms with van der Waals surface area (Å²) in [5.41, 5.74) is 2.28. The quantitative estimate of drug-likeness (QED) is 0.777. The summed E-state index contributed by atoms with van der Waals surface area (Å²) in [6.07, 6.45) is 6.23. The van der Waals surface area contributed by atoms with Crippen molar-refractivity contribution in [3.8, 4) is 0 Å².